The predicted octanol–water partition coefficient (Wildman–Crippen LogP) is 3.32. The molecule has 1 aliphatic rings. The maximum Gasteiger partial charge on any atom is 0.311 e. The molecule has 1 aliphatic carbocycles. The summed E-state index contributed by atoms with van der Waals surface area (Å²) in [4.78, 5) is 11.6. The molecule has 0 aliphatic heterocycles. The third kappa shape index (κ3) is 2.24. The Morgan fingerprint density at radius 3 is 2.27 bits per heavy atom. The van der Waals surface area contributed by atoms with Crippen molar-refractivity contribution in [1.29, 1.82) is 0 Å². The molecule has 0 aromatic carbocycles. The Balaban J connectivity index is 2.69. The minimum absolute atomic E-state index is 0.0590. The van der Waals surface area contributed by atoms with Crippen LogP contribution >= 0.6 is 0 Å². The van der Waals surface area contributed by atoms with Gasteiger partial charge in [0.05, 0.1) is 12.5 Å². The molecule has 0 N–H and O–H groups in total. The Bertz CT molecular complexity index is 247. The molecule has 2 nitrogen and oxygen atoms in total. The Hall–Kier alpha value is -0.790. The summed E-state index contributed by atoms with van der Waals surface area (Å²) in [5.74, 6) is -0.0590. The van der Waals surface area contributed by atoms with E-state index in [1.54, 1.807) is 0 Å². The number of hydrogen-bond donors (Lipinski definition) is 0. The Morgan fingerprint density at radius 2 is 1.93 bits per heavy atom. The fraction of sp³-hybridized carbons (Fsp3) is 0.769. The molecule has 0 atom stereocenters. The summed E-state index contributed by atoms with van der Waals surface area (Å²) in [5, 5.41) is 0. The summed E-state index contributed by atoms with van der Waals surface area (Å²) in [5.41, 5.74) is -0.00996. The largest absolute Gasteiger partial charge is 0.469 e. The van der Waals surface area contributed by atoms with Crippen molar-refractivity contribution in [2.75, 3.05) is 7.11 Å². The van der Waals surface area contributed by atoms with Gasteiger partial charge in [-0.3, -0.25) is 4.79 Å². The maximum atomic E-state index is 11.6. The quantitative estimate of drug-likeness (QED) is 0.527. The molecule has 1 rings (SSSR count). The van der Waals surface area contributed by atoms with Gasteiger partial charge in [-0.05, 0) is 44.4 Å². The van der Waals surface area contributed by atoms with Crippen LogP contribution in [0.5, 0.6) is 0 Å². The number of carbonyl (C=O) groups excluding carboxylic acids is 1. The minimum atomic E-state index is -0.267. The smallest absolute Gasteiger partial charge is 0.311 e. The topological polar surface area (TPSA) is 26.3 Å². The first kappa shape index (κ1) is 12.3. The van der Waals surface area contributed by atoms with Crippen LogP contribution in [-0.2, 0) is 9.53 Å². The normalized spacial score (nSPS) is 35.9. The average Bonchev–Trinajstić information content (AvgIpc) is 2.30. The van der Waals surface area contributed by atoms with Gasteiger partial charge >= 0.3 is 5.97 Å². The third-order valence-electron chi connectivity index (χ3n) is 4.16. The van der Waals surface area contributed by atoms with E-state index in [-0.39, 0.29) is 16.8 Å². The molecule has 0 aromatic heterocycles. The molecule has 1 saturated carbocycles. The van der Waals surface area contributed by atoms with Crippen LogP contribution in [0.25, 0.3) is 0 Å². The monoisotopic (exact) mass is 210 g/mol. The number of esters is 1. The second kappa shape index (κ2) is 4.38. The predicted molar refractivity (Wildman–Crippen MR) is 61.5 cm³/mol. The van der Waals surface area contributed by atoms with Gasteiger partial charge in [0.1, 0.15) is 0 Å². The lowest BCUT2D eigenvalue weighted by molar-refractivity contribution is -0.154. The zero-order valence-corrected chi connectivity index (χ0v) is 10.1. The van der Waals surface area contributed by atoms with Crippen LogP contribution in [0.15, 0.2) is 12.7 Å². The molecule has 86 valence electrons. The van der Waals surface area contributed by atoms with Crippen molar-refractivity contribution < 1.29 is 9.53 Å². The molecule has 15 heavy (non-hydrogen) atoms. The standard InChI is InChI=1S/C13H22O2/c1-5-13(6-2)9-7-12(3,8-10-13)11(14)15-4/h5H,1,6-10H2,2-4H3. The number of hydrogen-bond acceptors (Lipinski definition) is 2. The average molecular weight is 210 g/mol. The zero-order valence-electron chi connectivity index (χ0n) is 10.1. The Morgan fingerprint density at radius 1 is 1.40 bits per heavy atom. The highest BCUT2D eigenvalue weighted by Crippen LogP contribution is 2.48. The van der Waals surface area contributed by atoms with E-state index in [2.05, 4.69) is 19.6 Å². The molecule has 0 saturated heterocycles. The first-order valence-electron chi connectivity index (χ1n) is 5.74. The van der Waals surface area contributed by atoms with Gasteiger partial charge in [-0.15, -0.1) is 6.58 Å². The lowest BCUT2D eigenvalue weighted by atomic mass is 9.63. The van der Waals surface area contributed by atoms with Crippen molar-refractivity contribution in [2.45, 2.75) is 46.0 Å². The van der Waals surface area contributed by atoms with Crippen molar-refractivity contribution >= 4 is 5.97 Å². The lowest BCUT2D eigenvalue weighted by Crippen LogP contribution is -2.37. The molecule has 0 amide bonds. The molecule has 0 aromatic rings. The van der Waals surface area contributed by atoms with Gasteiger partial charge in [0, 0.05) is 0 Å². The van der Waals surface area contributed by atoms with Crippen LogP contribution < -0.4 is 0 Å². The summed E-state index contributed by atoms with van der Waals surface area (Å²) in [6.45, 7) is 8.14. The van der Waals surface area contributed by atoms with Gasteiger partial charge in [0.2, 0.25) is 0 Å². The highest BCUT2D eigenvalue weighted by atomic mass is 16.5. The second-order valence-electron chi connectivity index (χ2n) is 4.97. The highest BCUT2D eigenvalue weighted by Gasteiger charge is 2.42. The fourth-order valence-electron chi connectivity index (χ4n) is 2.45. The number of ether oxygens (including phenoxy) is 1. The van der Waals surface area contributed by atoms with E-state index < -0.39 is 0 Å². The molecule has 0 unspecified atom stereocenters. The SMILES string of the molecule is C=CC1(CC)CCC(C)(C(=O)OC)CC1. The van der Waals surface area contributed by atoms with Crippen molar-refractivity contribution in [3.8, 4) is 0 Å². The van der Waals surface area contributed by atoms with Gasteiger partial charge in [0.25, 0.3) is 0 Å². The summed E-state index contributed by atoms with van der Waals surface area (Å²) >= 11 is 0. The van der Waals surface area contributed by atoms with E-state index in [0.29, 0.717) is 0 Å². The van der Waals surface area contributed by atoms with Gasteiger partial charge in [-0.2, -0.15) is 0 Å². The van der Waals surface area contributed by atoms with E-state index in [9.17, 15) is 4.79 Å². The molecule has 0 bridgehead atoms. The number of rotatable bonds is 3. The van der Waals surface area contributed by atoms with E-state index >= 15 is 0 Å². The Kier molecular flexibility index (Phi) is 3.58. The van der Waals surface area contributed by atoms with Crippen LogP contribution in [0.1, 0.15) is 46.0 Å². The van der Waals surface area contributed by atoms with Crippen LogP contribution in [-0.4, -0.2) is 13.1 Å². The van der Waals surface area contributed by atoms with Gasteiger partial charge in [-0.25, -0.2) is 0 Å². The van der Waals surface area contributed by atoms with Crippen molar-refractivity contribution in [1.82, 2.24) is 0 Å². The van der Waals surface area contributed by atoms with Crippen LogP contribution in [0.2, 0.25) is 0 Å². The van der Waals surface area contributed by atoms with Crippen molar-refractivity contribution in [2.24, 2.45) is 10.8 Å². The molecule has 0 radical (unpaired) electrons. The maximum absolute atomic E-state index is 11.6. The highest BCUT2D eigenvalue weighted by molar-refractivity contribution is 5.76. The molecular weight excluding hydrogens is 188 g/mol. The minimum Gasteiger partial charge on any atom is -0.469 e. The molecule has 0 spiro atoms. The van der Waals surface area contributed by atoms with E-state index in [1.165, 1.54) is 7.11 Å². The van der Waals surface area contributed by atoms with Crippen LogP contribution in [0.3, 0.4) is 0 Å². The Labute approximate surface area is 92.7 Å². The summed E-state index contributed by atoms with van der Waals surface area (Å²) in [6.07, 6.45) is 7.13. The number of allylic oxidation sites excluding steroid dienone is 1. The van der Waals surface area contributed by atoms with Gasteiger partial charge in [-0.1, -0.05) is 13.0 Å². The van der Waals surface area contributed by atoms with E-state index in [1.807, 2.05) is 6.92 Å². The van der Waals surface area contributed by atoms with Crippen molar-refractivity contribution in [3.63, 3.8) is 0 Å². The van der Waals surface area contributed by atoms with Gasteiger partial charge < -0.3 is 4.74 Å². The number of methoxy groups -OCH3 is 1. The summed E-state index contributed by atoms with van der Waals surface area (Å²) in [7, 11) is 1.47. The van der Waals surface area contributed by atoms with Crippen LogP contribution in [0, 0.1) is 10.8 Å². The van der Waals surface area contributed by atoms with Crippen molar-refractivity contribution in [3.05, 3.63) is 12.7 Å². The molecule has 1 fully saturated rings. The fourth-order valence-corrected chi connectivity index (χ4v) is 2.45. The van der Waals surface area contributed by atoms with Crippen LogP contribution in [0.4, 0.5) is 0 Å². The third-order valence-corrected chi connectivity index (χ3v) is 4.16. The molecule has 2 heteroatoms. The first-order valence-corrected chi connectivity index (χ1v) is 5.74. The van der Waals surface area contributed by atoms with Gasteiger partial charge in [0.15, 0.2) is 0 Å². The second-order valence-corrected chi connectivity index (χ2v) is 4.97. The number of carbonyl (C=O) groups is 1. The lowest BCUT2D eigenvalue weighted by Gasteiger charge is -2.41. The molecule has 0 heterocycles. The first-order chi connectivity index (χ1) is 7.02. The van der Waals surface area contributed by atoms with E-state index in [4.69, 9.17) is 4.74 Å². The summed E-state index contributed by atoms with van der Waals surface area (Å²) < 4.78 is 4.86. The summed E-state index contributed by atoms with van der Waals surface area (Å²) in [6, 6.07) is 0. The zero-order chi connectivity index (χ0) is 11.5. The van der Waals surface area contributed by atoms with E-state index in [0.717, 1.165) is 32.1 Å². The molecular formula is C13H22O2.